The van der Waals surface area contributed by atoms with Crippen molar-refractivity contribution in [2.75, 3.05) is 37.6 Å². The van der Waals surface area contributed by atoms with Gasteiger partial charge in [0.15, 0.2) is 5.82 Å². The number of pyridine rings is 1. The number of anilines is 1. The highest BCUT2D eigenvalue weighted by atomic mass is 35.5. The van der Waals surface area contributed by atoms with Crippen LogP contribution in [0.2, 0.25) is 5.02 Å². The van der Waals surface area contributed by atoms with Crippen molar-refractivity contribution in [1.82, 2.24) is 9.88 Å². The summed E-state index contributed by atoms with van der Waals surface area (Å²) >= 11 is 6.08. The van der Waals surface area contributed by atoms with Crippen LogP contribution in [0.25, 0.3) is 10.9 Å². The lowest BCUT2D eigenvalue weighted by atomic mass is 10.1. The fourth-order valence-corrected chi connectivity index (χ4v) is 3.14. The Morgan fingerprint density at radius 3 is 2.68 bits per heavy atom. The summed E-state index contributed by atoms with van der Waals surface area (Å²) in [6.45, 7) is 5.53. The zero-order chi connectivity index (χ0) is 15.7. The van der Waals surface area contributed by atoms with Gasteiger partial charge in [0.05, 0.1) is 16.8 Å². The van der Waals surface area contributed by atoms with Gasteiger partial charge in [0, 0.05) is 44.3 Å². The van der Waals surface area contributed by atoms with Gasteiger partial charge in [0.1, 0.15) is 5.52 Å². The van der Waals surface area contributed by atoms with E-state index in [0.29, 0.717) is 28.2 Å². The van der Waals surface area contributed by atoms with Crippen molar-refractivity contribution < 1.29 is 9.50 Å². The van der Waals surface area contributed by atoms with Gasteiger partial charge in [-0.2, -0.15) is 0 Å². The summed E-state index contributed by atoms with van der Waals surface area (Å²) < 4.78 is 14.7. The standard InChI is InChI=1S/C16H19ClFN3O/c1-11(22)10-20-6-8-21(9-7-20)14-3-2-12-13(17)4-5-19-16(12)15(14)18/h2-5,11,22H,6-10H2,1H3/t11-/m1/s1. The number of aliphatic hydroxyl groups is 1. The van der Waals surface area contributed by atoms with Crippen molar-refractivity contribution in [2.24, 2.45) is 0 Å². The Kier molecular flexibility index (Phi) is 4.47. The molecule has 2 aromatic rings. The highest BCUT2D eigenvalue weighted by Crippen LogP contribution is 2.30. The molecule has 0 aliphatic carbocycles. The molecule has 1 N–H and O–H groups in total. The normalized spacial score (nSPS) is 17.9. The number of hydrogen-bond acceptors (Lipinski definition) is 4. The van der Waals surface area contributed by atoms with E-state index in [1.807, 2.05) is 11.0 Å². The SMILES string of the molecule is C[C@@H](O)CN1CCN(c2ccc3c(Cl)ccnc3c2F)CC1. The average molecular weight is 324 g/mol. The van der Waals surface area contributed by atoms with E-state index in [4.69, 9.17) is 11.6 Å². The van der Waals surface area contributed by atoms with E-state index in [-0.39, 0.29) is 11.9 Å². The average Bonchev–Trinajstić information content (AvgIpc) is 2.49. The molecular weight excluding hydrogens is 305 g/mol. The Morgan fingerprint density at radius 2 is 2.00 bits per heavy atom. The van der Waals surface area contributed by atoms with Crippen LogP contribution >= 0.6 is 11.6 Å². The molecule has 0 unspecified atom stereocenters. The highest BCUT2D eigenvalue weighted by Gasteiger charge is 2.21. The molecule has 0 bridgehead atoms. The first-order chi connectivity index (χ1) is 10.6. The van der Waals surface area contributed by atoms with Crippen LogP contribution in [0.15, 0.2) is 24.4 Å². The molecule has 2 heterocycles. The van der Waals surface area contributed by atoms with Crippen molar-refractivity contribution in [3.05, 3.63) is 35.2 Å². The molecule has 1 aromatic heterocycles. The Balaban J connectivity index is 1.82. The molecule has 1 aliphatic heterocycles. The number of aromatic nitrogens is 1. The Labute approximate surface area is 134 Å². The predicted molar refractivity (Wildman–Crippen MR) is 87.0 cm³/mol. The lowest BCUT2D eigenvalue weighted by Gasteiger charge is -2.36. The molecule has 1 atom stereocenters. The van der Waals surface area contributed by atoms with Gasteiger partial charge in [-0.05, 0) is 25.1 Å². The van der Waals surface area contributed by atoms with E-state index in [9.17, 15) is 9.50 Å². The molecule has 118 valence electrons. The zero-order valence-electron chi connectivity index (χ0n) is 12.5. The molecule has 0 amide bonds. The van der Waals surface area contributed by atoms with E-state index < -0.39 is 0 Å². The Hall–Kier alpha value is -1.43. The van der Waals surface area contributed by atoms with Crippen LogP contribution in [0.5, 0.6) is 0 Å². The minimum absolute atomic E-state index is 0.316. The zero-order valence-corrected chi connectivity index (χ0v) is 13.2. The number of rotatable bonds is 3. The maximum Gasteiger partial charge on any atom is 0.172 e. The van der Waals surface area contributed by atoms with Gasteiger partial charge in [-0.15, -0.1) is 0 Å². The monoisotopic (exact) mass is 323 g/mol. The third-order valence-electron chi connectivity index (χ3n) is 4.01. The number of aliphatic hydroxyl groups excluding tert-OH is 1. The van der Waals surface area contributed by atoms with E-state index >= 15 is 0 Å². The fourth-order valence-electron chi connectivity index (χ4n) is 2.93. The van der Waals surface area contributed by atoms with Crippen LogP contribution in [-0.2, 0) is 0 Å². The summed E-state index contributed by atoms with van der Waals surface area (Å²) in [6, 6.07) is 5.26. The molecule has 22 heavy (non-hydrogen) atoms. The predicted octanol–water partition coefficient (Wildman–Crippen LogP) is 2.53. The summed E-state index contributed by atoms with van der Waals surface area (Å²) in [5, 5.41) is 10.6. The topological polar surface area (TPSA) is 39.6 Å². The van der Waals surface area contributed by atoms with Crippen molar-refractivity contribution in [3.8, 4) is 0 Å². The number of hydrogen-bond donors (Lipinski definition) is 1. The number of piperazine rings is 1. The maximum atomic E-state index is 14.7. The molecular formula is C16H19ClFN3O. The lowest BCUT2D eigenvalue weighted by Crippen LogP contribution is -2.48. The van der Waals surface area contributed by atoms with Crippen LogP contribution in [0.4, 0.5) is 10.1 Å². The Bertz CT molecular complexity index is 672. The molecule has 1 fully saturated rings. The van der Waals surface area contributed by atoms with Crippen LogP contribution in [0, 0.1) is 5.82 Å². The molecule has 1 aromatic carbocycles. The van der Waals surface area contributed by atoms with Crippen molar-refractivity contribution in [2.45, 2.75) is 13.0 Å². The molecule has 6 heteroatoms. The minimum Gasteiger partial charge on any atom is -0.392 e. The lowest BCUT2D eigenvalue weighted by molar-refractivity contribution is 0.122. The summed E-state index contributed by atoms with van der Waals surface area (Å²) in [7, 11) is 0. The third kappa shape index (κ3) is 3.02. The largest absolute Gasteiger partial charge is 0.392 e. The van der Waals surface area contributed by atoms with Gasteiger partial charge in [0.25, 0.3) is 0 Å². The molecule has 0 saturated carbocycles. The van der Waals surface area contributed by atoms with Crippen LogP contribution < -0.4 is 4.90 Å². The van der Waals surface area contributed by atoms with Gasteiger partial charge < -0.3 is 10.0 Å². The number of fused-ring (bicyclic) bond motifs is 1. The van der Waals surface area contributed by atoms with Gasteiger partial charge in [-0.3, -0.25) is 9.88 Å². The second kappa shape index (κ2) is 6.36. The first kappa shape index (κ1) is 15.5. The van der Waals surface area contributed by atoms with Gasteiger partial charge in [-0.1, -0.05) is 11.6 Å². The third-order valence-corrected chi connectivity index (χ3v) is 4.34. The second-order valence-corrected chi connectivity index (χ2v) is 6.13. The number of benzene rings is 1. The molecule has 3 rings (SSSR count). The van der Waals surface area contributed by atoms with Crippen LogP contribution in [-0.4, -0.2) is 53.8 Å². The smallest absolute Gasteiger partial charge is 0.172 e. The van der Waals surface area contributed by atoms with Crippen molar-refractivity contribution in [3.63, 3.8) is 0 Å². The molecule has 1 aliphatic rings. The van der Waals surface area contributed by atoms with E-state index in [2.05, 4.69) is 9.88 Å². The number of nitrogens with zero attached hydrogens (tertiary/aromatic N) is 3. The summed E-state index contributed by atoms with van der Waals surface area (Å²) in [4.78, 5) is 8.34. The highest BCUT2D eigenvalue weighted by molar-refractivity contribution is 6.35. The molecule has 0 spiro atoms. The molecule has 1 saturated heterocycles. The number of β-amino-alcohol motifs (C(OH)–C–C–N with tert-alkyl or cyclic N) is 1. The first-order valence-electron chi connectivity index (χ1n) is 7.44. The summed E-state index contributed by atoms with van der Waals surface area (Å²) in [5.41, 5.74) is 0.885. The summed E-state index contributed by atoms with van der Waals surface area (Å²) in [5.74, 6) is -0.316. The van der Waals surface area contributed by atoms with Crippen molar-refractivity contribution in [1.29, 1.82) is 0 Å². The van der Waals surface area contributed by atoms with Gasteiger partial charge in [-0.25, -0.2) is 4.39 Å². The van der Waals surface area contributed by atoms with Crippen LogP contribution in [0.3, 0.4) is 0 Å². The fraction of sp³-hybridized carbons (Fsp3) is 0.438. The Morgan fingerprint density at radius 1 is 1.27 bits per heavy atom. The van der Waals surface area contributed by atoms with Crippen LogP contribution in [0.1, 0.15) is 6.92 Å². The van der Waals surface area contributed by atoms with Crippen molar-refractivity contribution >= 4 is 28.2 Å². The van der Waals surface area contributed by atoms with Gasteiger partial charge in [0.2, 0.25) is 0 Å². The number of halogens is 2. The quantitative estimate of drug-likeness (QED) is 0.942. The van der Waals surface area contributed by atoms with E-state index in [1.165, 1.54) is 6.20 Å². The molecule has 4 nitrogen and oxygen atoms in total. The molecule has 0 radical (unpaired) electrons. The van der Waals surface area contributed by atoms with E-state index in [0.717, 1.165) is 26.2 Å². The maximum absolute atomic E-state index is 14.7. The second-order valence-electron chi connectivity index (χ2n) is 5.72. The minimum atomic E-state index is -0.338. The summed E-state index contributed by atoms with van der Waals surface area (Å²) in [6.07, 6.45) is 1.19. The van der Waals surface area contributed by atoms with Gasteiger partial charge >= 0.3 is 0 Å². The first-order valence-corrected chi connectivity index (χ1v) is 7.82. The van der Waals surface area contributed by atoms with E-state index in [1.54, 1.807) is 19.1 Å².